The lowest BCUT2D eigenvalue weighted by Gasteiger charge is -2.22. The van der Waals surface area contributed by atoms with Crippen molar-refractivity contribution in [2.45, 2.75) is 30.5 Å². The van der Waals surface area contributed by atoms with Crippen molar-refractivity contribution in [2.75, 3.05) is 5.75 Å². The van der Waals surface area contributed by atoms with Crippen molar-refractivity contribution in [1.29, 1.82) is 5.26 Å². The van der Waals surface area contributed by atoms with Gasteiger partial charge in [0.25, 0.3) is 5.56 Å². The van der Waals surface area contributed by atoms with E-state index in [0.29, 0.717) is 15.4 Å². The summed E-state index contributed by atoms with van der Waals surface area (Å²) in [4.78, 5) is 32.8. The van der Waals surface area contributed by atoms with Crippen molar-refractivity contribution >= 4 is 39.2 Å². The SMILES string of the molecule is C[C@@](C#N)(NC(=O)CSc1nc2scc(-c3ccccc3)c2c(=O)[nH]1)C1CC1. The molecule has 1 aliphatic carbocycles. The number of benzene rings is 1. The van der Waals surface area contributed by atoms with Crippen LogP contribution in [-0.4, -0.2) is 27.2 Å². The maximum absolute atomic E-state index is 12.6. The van der Waals surface area contributed by atoms with Gasteiger partial charge in [0.05, 0.1) is 17.2 Å². The monoisotopic (exact) mass is 410 g/mol. The predicted octanol–water partition coefficient (Wildman–Crippen LogP) is 3.55. The second-order valence-corrected chi connectivity index (χ2v) is 8.81. The summed E-state index contributed by atoms with van der Waals surface area (Å²) in [6.07, 6.45) is 1.93. The average molecular weight is 411 g/mol. The lowest BCUT2D eigenvalue weighted by Crippen LogP contribution is -2.47. The number of aromatic amines is 1. The van der Waals surface area contributed by atoms with E-state index in [9.17, 15) is 14.9 Å². The van der Waals surface area contributed by atoms with E-state index >= 15 is 0 Å². The number of carbonyl (C=O) groups excluding carboxylic acids is 1. The third-order valence-electron chi connectivity index (χ3n) is 4.87. The van der Waals surface area contributed by atoms with Crippen LogP contribution in [0.25, 0.3) is 21.3 Å². The van der Waals surface area contributed by atoms with Crippen LogP contribution in [0.15, 0.2) is 45.7 Å². The first-order valence-corrected chi connectivity index (χ1v) is 10.8. The first kappa shape index (κ1) is 18.7. The second kappa shape index (κ2) is 7.41. The lowest BCUT2D eigenvalue weighted by molar-refractivity contribution is -0.119. The van der Waals surface area contributed by atoms with Crippen LogP contribution in [-0.2, 0) is 4.79 Å². The fourth-order valence-electron chi connectivity index (χ4n) is 3.17. The van der Waals surface area contributed by atoms with Crippen LogP contribution in [0.5, 0.6) is 0 Å². The number of carbonyl (C=O) groups is 1. The number of nitrogens with zero attached hydrogens (tertiary/aromatic N) is 2. The van der Waals surface area contributed by atoms with Crippen LogP contribution in [0.2, 0.25) is 0 Å². The highest BCUT2D eigenvalue weighted by Crippen LogP contribution is 2.39. The summed E-state index contributed by atoms with van der Waals surface area (Å²) < 4.78 is 0. The Morgan fingerprint density at radius 1 is 1.43 bits per heavy atom. The van der Waals surface area contributed by atoms with Crippen molar-refractivity contribution in [3.63, 3.8) is 0 Å². The normalized spacial score (nSPS) is 15.7. The molecule has 0 unspecified atom stereocenters. The highest BCUT2D eigenvalue weighted by atomic mass is 32.2. The summed E-state index contributed by atoms with van der Waals surface area (Å²) in [6.45, 7) is 1.76. The summed E-state index contributed by atoms with van der Waals surface area (Å²) in [5.74, 6) is 0.0816. The van der Waals surface area contributed by atoms with E-state index in [0.717, 1.165) is 35.7 Å². The van der Waals surface area contributed by atoms with Gasteiger partial charge in [0.15, 0.2) is 5.16 Å². The van der Waals surface area contributed by atoms with E-state index in [2.05, 4.69) is 21.4 Å². The van der Waals surface area contributed by atoms with E-state index in [1.54, 1.807) is 6.92 Å². The maximum Gasteiger partial charge on any atom is 0.260 e. The Labute approximate surface area is 170 Å². The van der Waals surface area contributed by atoms with E-state index in [-0.39, 0.29) is 23.1 Å². The summed E-state index contributed by atoms with van der Waals surface area (Å²) in [5.41, 5.74) is 0.795. The molecule has 1 aromatic carbocycles. The van der Waals surface area contributed by atoms with Crippen LogP contribution in [0.1, 0.15) is 19.8 Å². The van der Waals surface area contributed by atoms with Crippen molar-refractivity contribution in [3.05, 3.63) is 46.1 Å². The van der Waals surface area contributed by atoms with Gasteiger partial charge in [-0.05, 0) is 31.2 Å². The fourth-order valence-corrected chi connectivity index (χ4v) is 4.84. The van der Waals surface area contributed by atoms with Gasteiger partial charge in [0.1, 0.15) is 10.4 Å². The molecule has 8 heteroatoms. The average Bonchev–Trinajstić information content (AvgIpc) is 3.47. The van der Waals surface area contributed by atoms with Crippen molar-refractivity contribution < 1.29 is 4.79 Å². The zero-order chi connectivity index (χ0) is 19.7. The maximum atomic E-state index is 12.6. The Morgan fingerprint density at radius 3 is 2.86 bits per heavy atom. The molecule has 4 rings (SSSR count). The zero-order valence-corrected chi connectivity index (χ0v) is 16.8. The van der Waals surface area contributed by atoms with Gasteiger partial charge in [-0.25, -0.2) is 4.98 Å². The number of rotatable bonds is 6. The molecule has 0 aliphatic heterocycles. The van der Waals surface area contributed by atoms with E-state index in [1.165, 1.54) is 11.3 Å². The number of nitriles is 1. The molecular formula is C20H18N4O2S2. The molecule has 1 atom stereocenters. The van der Waals surface area contributed by atoms with Gasteiger partial charge in [-0.15, -0.1) is 11.3 Å². The number of fused-ring (bicyclic) bond motifs is 1. The molecule has 2 heterocycles. The van der Waals surface area contributed by atoms with Crippen LogP contribution >= 0.6 is 23.1 Å². The highest BCUT2D eigenvalue weighted by Gasteiger charge is 2.42. The van der Waals surface area contributed by atoms with Gasteiger partial charge in [0.2, 0.25) is 5.91 Å². The molecule has 1 aliphatic rings. The molecule has 28 heavy (non-hydrogen) atoms. The Bertz CT molecular complexity index is 1130. The Morgan fingerprint density at radius 2 is 2.18 bits per heavy atom. The number of hydrogen-bond acceptors (Lipinski definition) is 6. The number of nitrogens with one attached hydrogen (secondary N) is 2. The number of H-pyrrole nitrogens is 1. The molecule has 3 aromatic rings. The molecule has 0 bridgehead atoms. The van der Waals surface area contributed by atoms with Gasteiger partial charge >= 0.3 is 0 Å². The number of thiophene rings is 1. The van der Waals surface area contributed by atoms with Gasteiger partial charge in [-0.2, -0.15) is 5.26 Å². The summed E-state index contributed by atoms with van der Waals surface area (Å²) in [6, 6.07) is 11.9. The quantitative estimate of drug-likeness (QED) is 0.478. The van der Waals surface area contributed by atoms with Gasteiger partial charge in [-0.3, -0.25) is 9.59 Å². The largest absolute Gasteiger partial charge is 0.337 e. The molecule has 0 radical (unpaired) electrons. The molecule has 2 aromatic heterocycles. The smallest absolute Gasteiger partial charge is 0.260 e. The summed E-state index contributed by atoms with van der Waals surface area (Å²) >= 11 is 2.57. The van der Waals surface area contributed by atoms with Gasteiger partial charge < -0.3 is 10.3 Å². The van der Waals surface area contributed by atoms with Crippen molar-refractivity contribution in [3.8, 4) is 17.2 Å². The van der Waals surface area contributed by atoms with Crippen LogP contribution in [0.3, 0.4) is 0 Å². The van der Waals surface area contributed by atoms with E-state index in [4.69, 9.17) is 0 Å². The van der Waals surface area contributed by atoms with Crippen LogP contribution < -0.4 is 10.9 Å². The third-order valence-corrected chi connectivity index (χ3v) is 6.62. The number of thioether (sulfide) groups is 1. The molecule has 1 fully saturated rings. The molecule has 1 saturated carbocycles. The van der Waals surface area contributed by atoms with Gasteiger partial charge in [-0.1, -0.05) is 42.1 Å². The first-order valence-electron chi connectivity index (χ1n) is 8.92. The minimum absolute atomic E-state index is 0.0926. The lowest BCUT2D eigenvalue weighted by atomic mass is 9.98. The molecule has 0 saturated heterocycles. The van der Waals surface area contributed by atoms with Crippen molar-refractivity contribution in [2.24, 2.45) is 5.92 Å². The van der Waals surface area contributed by atoms with Crippen LogP contribution in [0, 0.1) is 17.2 Å². The standard InChI is InChI=1S/C20H18N4O2S2/c1-20(11-21,13-7-8-13)24-15(25)10-28-19-22-17(26)16-14(9-27-18(16)23-19)12-5-3-2-4-6-12/h2-6,9,13H,7-8,10H2,1H3,(H,24,25)(H,22,23,26)/t20-/m0/s1. The van der Waals surface area contributed by atoms with E-state index < -0.39 is 5.54 Å². The molecule has 6 nitrogen and oxygen atoms in total. The zero-order valence-electron chi connectivity index (χ0n) is 15.2. The molecule has 1 amide bonds. The molecule has 142 valence electrons. The minimum Gasteiger partial charge on any atom is -0.337 e. The topological polar surface area (TPSA) is 98.6 Å². The predicted molar refractivity (Wildman–Crippen MR) is 111 cm³/mol. The minimum atomic E-state index is -0.819. The van der Waals surface area contributed by atoms with E-state index in [1.807, 2.05) is 35.7 Å². The first-order chi connectivity index (χ1) is 13.5. The summed E-state index contributed by atoms with van der Waals surface area (Å²) in [5, 5.41) is 15.1. The second-order valence-electron chi connectivity index (χ2n) is 6.99. The third kappa shape index (κ3) is 3.68. The molecule has 0 spiro atoms. The summed E-state index contributed by atoms with van der Waals surface area (Å²) in [7, 11) is 0. The molecule has 2 N–H and O–H groups in total. The number of aromatic nitrogens is 2. The number of amides is 1. The molecular weight excluding hydrogens is 392 g/mol. The number of hydrogen-bond donors (Lipinski definition) is 2. The Kier molecular flexibility index (Phi) is 4.96. The highest BCUT2D eigenvalue weighted by molar-refractivity contribution is 7.99. The Balaban J connectivity index is 1.50. The van der Waals surface area contributed by atoms with Crippen molar-refractivity contribution in [1.82, 2.24) is 15.3 Å². The Hall–Kier alpha value is -2.63. The van der Waals surface area contributed by atoms with Gasteiger partial charge in [0, 0.05) is 10.9 Å². The van der Waals surface area contributed by atoms with Crippen LogP contribution in [0.4, 0.5) is 0 Å². The fraction of sp³-hybridized carbons (Fsp3) is 0.300.